The number of unbranched alkanes of at least 4 members (excludes halogenated alkanes) is 2. The van der Waals surface area contributed by atoms with Gasteiger partial charge in [-0.3, -0.25) is 4.79 Å². The van der Waals surface area contributed by atoms with Gasteiger partial charge in [-0.05, 0) is 69.7 Å². The van der Waals surface area contributed by atoms with Gasteiger partial charge in [0.1, 0.15) is 5.75 Å². The molecule has 0 radical (unpaired) electrons. The molecule has 1 aromatic heterocycles. The van der Waals surface area contributed by atoms with E-state index in [2.05, 4.69) is 48.4 Å². The highest BCUT2D eigenvalue weighted by atomic mass is 16.3. The van der Waals surface area contributed by atoms with Gasteiger partial charge in [-0.15, -0.1) is 0 Å². The number of fused-ring (bicyclic) bond motifs is 1. The number of aromatic nitrogens is 1. The number of rotatable bonds is 9. The number of hydrogen-bond acceptors (Lipinski definition) is 3. The quantitative estimate of drug-likeness (QED) is 0.363. The van der Waals surface area contributed by atoms with Gasteiger partial charge < -0.3 is 19.5 Å². The van der Waals surface area contributed by atoms with E-state index >= 15 is 0 Å². The molecule has 1 aliphatic rings. The Kier molecular flexibility index (Phi) is 8.04. The van der Waals surface area contributed by atoms with Crippen molar-refractivity contribution in [3.63, 3.8) is 0 Å². The lowest BCUT2D eigenvalue weighted by Crippen LogP contribution is -2.34. The summed E-state index contributed by atoms with van der Waals surface area (Å²) in [6.45, 7) is 11.7. The number of piperidine rings is 1. The maximum absolute atomic E-state index is 14.3. The molecule has 2 aromatic carbocycles. The van der Waals surface area contributed by atoms with Gasteiger partial charge >= 0.3 is 0 Å². The largest absolute Gasteiger partial charge is 0.505 e. The number of phenols is 1. The second-order valence-electron chi connectivity index (χ2n) is 9.96. The third-order valence-electron chi connectivity index (χ3n) is 7.38. The standard InChI is InChI=1S/C30H41N3O2/c1-5-7-17-32(18-8-6-2)30(35)26-23(4)33(24-15-11-9-12-16-24)25-21-22(3)29(34)28(27(25)26)31-19-13-10-14-20-31/h9,11-12,15-16,21,34H,5-8,10,13-14,17-20H2,1-4H3. The summed E-state index contributed by atoms with van der Waals surface area (Å²) in [5.74, 6) is 0.401. The van der Waals surface area contributed by atoms with Crippen LogP contribution in [0.25, 0.3) is 16.6 Å². The lowest BCUT2D eigenvalue weighted by molar-refractivity contribution is 0.0752. The molecule has 0 bridgehead atoms. The molecular formula is C30H41N3O2. The van der Waals surface area contributed by atoms with Crippen LogP contribution in [-0.2, 0) is 0 Å². The summed E-state index contributed by atoms with van der Waals surface area (Å²) in [6, 6.07) is 12.3. The van der Waals surface area contributed by atoms with Crippen molar-refractivity contribution in [3.8, 4) is 11.4 Å². The van der Waals surface area contributed by atoms with Crippen molar-refractivity contribution in [1.29, 1.82) is 0 Å². The number of phenolic OH excluding ortho intramolecular Hbond substituents is 1. The van der Waals surface area contributed by atoms with Crippen molar-refractivity contribution in [2.45, 2.75) is 72.6 Å². The number of benzene rings is 2. The minimum atomic E-state index is 0.0885. The van der Waals surface area contributed by atoms with Gasteiger partial charge in [0.2, 0.25) is 0 Å². The van der Waals surface area contributed by atoms with Crippen LogP contribution in [0.15, 0.2) is 36.4 Å². The number of amides is 1. The van der Waals surface area contributed by atoms with E-state index < -0.39 is 0 Å². The van der Waals surface area contributed by atoms with Crippen LogP contribution in [0.5, 0.6) is 5.75 Å². The van der Waals surface area contributed by atoms with E-state index in [1.807, 2.05) is 30.0 Å². The Balaban J connectivity index is 2.00. The Hall–Kier alpha value is -2.95. The number of hydrogen-bond donors (Lipinski definition) is 1. The summed E-state index contributed by atoms with van der Waals surface area (Å²) >= 11 is 0. The van der Waals surface area contributed by atoms with E-state index in [9.17, 15) is 9.90 Å². The molecule has 4 rings (SSSR count). The summed E-state index contributed by atoms with van der Waals surface area (Å²) in [6.07, 6.45) is 7.53. The van der Waals surface area contributed by atoms with Crippen molar-refractivity contribution in [3.05, 3.63) is 53.2 Å². The Morgan fingerprint density at radius 1 is 0.971 bits per heavy atom. The van der Waals surface area contributed by atoms with Gasteiger partial charge in [0.25, 0.3) is 5.91 Å². The van der Waals surface area contributed by atoms with Gasteiger partial charge in [0, 0.05) is 42.9 Å². The number of para-hydroxylation sites is 1. The number of carbonyl (C=O) groups is 1. The molecule has 1 fully saturated rings. The smallest absolute Gasteiger partial charge is 0.256 e. The van der Waals surface area contributed by atoms with E-state index in [0.717, 1.165) is 104 Å². The van der Waals surface area contributed by atoms with Gasteiger partial charge in [0.05, 0.1) is 16.8 Å². The predicted octanol–water partition coefficient (Wildman–Crippen LogP) is 6.99. The molecule has 1 N–H and O–H groups in total. The van der Waals surface area contributed by atoms with Crippen LogP contribution in [-0.4, -0.2) is 46.7 Å². The van der Waals surface area contributed by atoms with Crippen molar-refractivity contribution in [2.24, 2.45) is 0 Å². The van der Waals surface area contributed by atoms with Gasteiger partial charge in [-0.2, -0.15) is 0 Å². The fraction of sp³-hybridized carbons (Fsp3) is 0.500. The Morgan fingerprint density at radius 3 is 2.20 bits per heavy atom. The molecule has 0 unspecified atom stereocenters. The zero-order chi connectivity index (χ0) is 24.9. The Labute approximate surface area is 210 Å². The first-order valence-electron chi connectivity index (χ1n) is 13.5. The predicted molar refractivity (Wildman–Crippen MR) is 146 cm³/mol. The topological polar surface area (TPSA) is 48.7 Å². The average Bonchev–Trinajstić information content (AvgIpc) is 3.16. The molecule has 0 atom stereocenters. The highest BCUT2D eigenvalue weighted by Gasteiger charge is 2.30. The molecule has 1 amide bonds. The molecule has 2 heterocycles. The highest BCUT2D eigenvalue weighted by Crippen LogP contribution is 2.44. The number of aromatic hydroxyl groups is 1. The fourth-order valence-corrected chi connectivity index (χ4v) is 5.44. The molecule has 5 nitrogen and oxygen atoms in total. The van der Waals surface area contributed by atoms with Crippen LogP contribution in [0.1, 0.15) is 80.4 Å². The van der Waals surface area contributed by atoms with E-state index in [1.165, 1.54) is 6.42 Å². The van der Waals surface area contributed by atoms with Crippen LogP contribution in [0.4, 0.5) is 5.69 Å². The SMILES string of the molecule is CCCCN(CCCC)C(=O)c1c(C)n(-c2ccccc2)c2cc(C)c(O)c(N3CCCCC3)c12. The monoisotopic (exact) mass is 475 g/mol. The van der Waals surface area contributed by atoms with Crippen molar-refractivity contribution in [2.75, 3.05) is 31.1 Å². The van der Waals surface area contributed by atoms with E-state index in [0.29, 0.717) is 5.75 Å². The molecule has 0 saturated carbocycles. The molecular weight excluding hydrogens is 434 g/mol. The summed E-state index contributed by atoms with van der Waals surface area (Å²) in [4.78, 5) is 18.6. The number of nitrogens with zero attached hydrogens (tertiary/aromatic N) is 3. The second-order valence-corrected chi connectivity index (χ2v) is 9.96. The fourth-order valence-electron chi connectivity index (χ4n) is 5.44. The molecule has 35 heavy (non-hydrogen) atoms. The zero-order valence-electron chi connectivity index (χ0n) is 21.9. The maximum atomic E-state index is 14.3. The van der Waals surface area contributed by atoms with E-state index in [4.69, 9.17) is 0 Å². The first kappa shape index (κ1) is 25.2. The number of aryl methyl sites for hydroxylation is 1. The van der Waals surface area contributed by atoms with Crippen molar-refractivity contribution >= 4 is 22.5 Å². The Morgan fingerprint density at radius 2 is 1.60 bits per heavy atom. The van der Waals surface area contributed by atoms with Gasteiger partial charge in [-0.25, -0.2) is 0 Å². The summed E-state index contributed by atoms with van der Waals surface area (Å²) < 4.78 is 2.21. The second kappa shape index (κ2) is 11.2. The normalized spacial score (nSPS) is 14.0. The molecule has 0 aliphatic carbocycles. The highest BCUT2D eigenvalue weighted by molar-refractivity contribution is 6.15. The van der Waals surface area contributed by atoms with Gasteiger partial charge in [0.15, 0.2) is 0 Å². The number of carbonyl (C=O) groups excluding carboxylic acids is 1. The summed E-state index contributed by atoms with van der Waals surface area (Å²) in [5.41, 5.74) is 5.41. The minimum absolute atomic E-state index is 0.0885. The summed E-state index contributed by atoms with van der Waals surface area (Å²) in [5, 5.41) is 12.3. The molecule has 0 spiro atoms. The molecule has 3 aromatic rings. The van der Waals surface area contributed by atoms with Crippen LogP contribution in [0, 0.1) is 13.8 Å². The minimum Gasteiger partial charge on any atom is -0.505 e. The molecule has 1 aliphatic heterocycles. The van der Waals surface area contributed by atoms with Crippen molar-refractivity contribution in [1.82, 2.24) is 9.47 Å². The third kappa shape index (κ3) is 4.91. The van der Waals surface area contributed by atoms with E-state index in [1.54, 1.807) is 0 Å². The summed E-state index contributed by atoms with van der Waals surface area (Å²) in [7, 11) is 0. The molecule has 1 saturated heterocycles. The van der Waals surface area contributed by atoms with E-state index in [-0.39, 0.29) is 5.91 Å². The number of anilines is 1. The average molecular weight is 476 g/mol. The Bertz CT molecular complexity index is 1150. The van der Waals surface area contributed by atoms with Crippen molar-refractivity contribution < 1.29 is 9.90 Å². The van der Waals surface area contributed by atoms with Crippen LogP contribution < -0.4 is 4.90 Å². The molecule has 5 heteroatoms. The lowest BCUT2D eigenvalue weighted by atomic mass is 10.0. The maximum Gasteiger partial charge on any atom is 0.256 e. The van der Waals surface area contributed by atoms with Gasteiger partial charge in [-0.1, -0.05) is 44.9 Å². The zero-order valence-corrected chi connectivity index (χ0v) is 21.9. The third-order valence-corrected chi connectivity index (χ3v) is 7.38. The van der Waals surface area contributed by atoms with Crippen LogP contribution in [0.3, 0.4) is 0 Å². The first-order chi connectivity index (χ1) is 17.0. The van der Waals surface area contributed by atoms with Crippen LogP contribution in [0.2, 0.25) is 0 Å². The van der Waals surface area contributed by atoms with Crippen LogP contribution >= 0.6 is 0 Å². The first-order valence-corrected chi connectivity index (χ1v) is 13.5. The molecule has 188 valence electrons. The lowest BCUT2D eigenvalue weighted by Gasteiger charge is -2.31.